The third-order valence-corrected chi connectivity index (χ3v) is 3.67. The van der Waals surface area contributed by atoms with Gasteiger partial charge in [-0.2, -0.15) is 0 Å². The molecule has 1 heterocycles. The average molecular weight is 388 g/mol. The lowest BCUT2D eigenvalue weighted by atomic mass is 10.3. The predicted octanol–water partition coefficient (Wildman–Crippen LogP) is 2.31. The maximum Gasteiger partial charge on any atom is 0.331 e. The first-order valence-corrected chi connectivity index (χ1v) is 7.89. The standard InChI is InChI=1S/C15H11F3N2O5S/c1-2-24-10(22)3-4-11(23)25-6-9(21)19-15-20-14-8(26-15)5-7(16)12(17)13(14)18/h3-5H,2,6H2,1H3,(H,19,20,21)/b4-3+. The van der Waals surface area contributed by atoms with E-state index in [1.807, 2.05) is 0 Å². The number of nitrogens with one attached hydrogen (secondary N) is 1. The number of esters is 2. The SMILES string of the molecule is CCOC(=O)/C=C/C(=O)OCC(=O)Nc1nc2c(F)c(F)c(F)cc2s1. The van der Waals surface area contributed by atoms with E-state index < -0.39 is 47.4 Å². The van der Waals surface area contributed by atoms with Crippen molar-refractivity contribution in [3.05, 3.63) is 35.7 Å². The molecule has 11 heteroatoms. The fraction of sp³-hybridized carbons (Fsp3) is 0.200. The normalized spacial score (nSPS) is 10.9. The van der Waals surface area contributed by atoms with Crippen molar-refractivity contribution in [1.82, 2.24) is 4.98 Å². The van der Waals surface area contributed by atoms with Gasteiger partial charge in [0.25, 0.3) is 5.91 Å². The molecule has 1 N–H and O–H groups in total. The maximum atomic E-state index is 13.6. The molecule has 26 heavy (non-hydrogen) atoms. The van der Waals surface area contributed by atoms with E-state index >= 15 is 0 Å². The average Bonchev–Trinajstić information content (AvgIpc) is 2.98. The Balaban J connectivity index is 1.94. The molecule has 138 valence electrons. The molecule has 0 aliphatic heterocycles. The Hall–Kier alpha value is -2.95. The first kappa shape index (κ1) is 19.4. The quantitative estimate of drug-likeness (QED) is 0.464. The Morgan fingerprint density at radius 1 is 1.15 bits per heavy atom. The zero-order chi connectivity index (χ0) is 19.3. The highest BCUT2D eigenvalue weighted by Crippen LogP contribution is 2.30. The second-order valence-electron chi connectivity index (χ2n) is 4.59. The van der Waals surface area contributed by atoms with E-state index in [1.165, 1.54) is 0 Å². The lowest BCUT2D eigenvalue weighted by molar-refractivity contribution is -0.143. The minimum atomic E-state index is -1.66. The molecule has 0 aliphatic rings. The van der Waals surface area contributed by atoms with E-state index in [4.69, 9.17) is 0 Å². The van der Waals surface area contributed by atoms with Crippen molar-refractivity contribution in [3.63, 3.8) is 0 Å². The molecule has 7 nitrogen and oxygen atoms in total. The number of aromatic nitrogens is 1. The molecule has 0 bridgehead atoms. The summed E-state index contributed by atoms with van der Waals surface area (Å²) in [6.45, 7) is 1.01. The van der Waals surface area contributed by atoms with Crippen molar-refractivity contribution >= 4 is 44.5 Å². The predicted molar refractivity (Wildman–Crippen MR) is 84.9 cm³/mol. The first-order valence-electron chi connectivity index (χ1n) is 7.07. The van der Waals surface area contributed by atoms with Gasteiger partial charge in [0.1, 0.15) is 5.52 Å². The number of hydrogen-bond donors (Lipinski definition) is 1. The van der Waals surface area contributed by atoms with Gasteiger partial charge in [0, 0.05) is 12.2 Å². The van der Waals surface area contributed by atoms with E-state index in [1.54, 1.807) is 6.92 Å². The number of rotatable bonds is 6. The van der Waals surface area contributed by atoms with Gasteiger partial charge in [0.2, 0.25) is 0 Å². The lowest BCUT2D eigenvalue weighted by Gasteiger charge is -2.01. The Bertz CT molecular complexity index is 897. The molecular formula is C15H11F3N2O5S. The highest BCUT2D eigenvalue weighted by Gasteiger charge is 2.18. The second-order valence-corrected chi connectivity index (χ2v) is 5.62. The summed E-state index contributed by atoms with van der Waals surface area (Å²) in [6, 6.07) is 0.751. The molecule has 1 aromatic carbocycles. The Labute approximate surface area is 148 Å². The van der Waals surface area contributed by atoms with Gasteiger partial charge in [-0.05, 0) is 13.0 Å². The molecule has 0 saturated heterocycles. The number of benzene rings is 1. The minimum absolute atomic E-state index is 0.00827. The number of thiazole rings is 1. The van der Waals surface area contributed by atoms with Gasteiger partial charge < -0.3 is 9.47 Å². The number of carbonyl (C=O) groups excluding carboxylic acids is 3. The molecule has 2 aromatic rings. The summed E-state index contributed by atoms with van der Waals surface area (Å²) in [6.07, 6.45) is 1.62. The van der Waals surface area contributed by atoms with Crippen LogP contribution in [0, 0.1) is 17.5 Å². The van der Waals surface area contributed by atoms with Crippen LogP contribution in [0.3, 0.4) is 0 Å². The fourth-order valence-corrected chi connectivity index (χ4v) is 2.60. The number of halogens is 3. The number of ether oxygens (including phenoxy) is 2. The van der Waals surface area contributed by atoms with Crippen LogP contribution in [0.5, 0.6) is 0 Å². The highest BCUT2D eigenvalue weighted by atomic mass is 32.1. The number of fused-ring (bicyclic) bond motifs is 1. The molecule has 0 unspecified atom stereocenters. The van der Waals surface area contributed by atoms with E-state index in [-0.39, 0.29) is 16.4 Å². The molecule has 1 aromatic heterocycles. The maximum absolute atomic E-state index is 13.6. The van der Waals surface area contributed by atoms with Crippen LogP contribution < -0.4 is 5.32 Å². The van der Waals surface area contributed by atoms with Gasteiger partial charge in [0.05, 0.1) is 11.3 Å². The van der Waals surface area contributed by atoms with Gasteiger partial charge in [-0.1, -0.05) is 11.3 Å². The number of anilines is 1. The summed E-state index contributed by atoms with van der Waals surface area (Å²) in [5.74, 6) is -7.03. The van der Waals surface area contributed by atoms with E-state index in [2.05, 4.69) is 19.8 Å². The zero-order valence-electron chi connectivity index (χ0n) is 13.2. The van der Waals surface area contributed by atoms with Crippen molar-refractivity contribution < 1.29 is 37.0 Å². The first-order chi connectivity index (χ1) is 12.3. The Morgan fingerprint density at radius 3 is 2.46 bits per heavy atom. The smallest absolute Gasteiger partial charge is 0.331 e. The largest absolute Gasteiger partial charge is 0.463 e. The van der Waals surface area contributed by atoms with Crippen LogP contribution in [0.25, 0.3) is 10.2 Å². The van der Waals surface area contributed by atoms with Gasteiger partial charge in [-0.15, -0.1) is 0 Å². The summed E-state index contributed by atoms with van der Waals surface area (Å²) < 4.78 is 49.0. The number of hydrogen-bond acceptors (Lipinski definition) is 7. The van der Waals surface area contributed by atoms with Crippen LogP contribution in [0.4, 0.5) is 18.3 Å². The molecule has 0 saturated carbocycles. The lowest BCUT2D eigenvalue weighted by Crippen LogP contribution is -2.20. The monoisotopic (exact) mass is 388 g/mol. The topological polar surface area (TPSA) is 94.6 Å². The summed E-state index contributed by atoms with van der Waals surface area (Å²) >= 11 is 0.711. The number of nitrogens with zero attached hydrogens (tertiary/aromatic N) is 1. The molecular weight excluding hydrogens is 377 g/mol. The van der Waals surface area contributed by atoms with E-state index in [9.17, 15) is 27.6 Å². The molecule has 1 amide bonds. The van der Waals surface area contributed by atoms with Crippen LogP contribution in [-0.2, 0) is 23.9 Å². The molecule has 0 spiro atoms. The van der Waals surface area contributed by atoms with Gasteiger partial charge in [-0.25, -0.2) is 27.7 Å². The van der Waals surface area contributed by atoms with Crippen LogP contribution in [0.15, 0.2) is 18.2 Å². The third kappa shape index (κ3) is 4.79. The van der Waals surface area contributed by atoms with Crippen LogP contribution >= 0.6 is 11.3 Å². The summed E-state index contributed by atoms with van der Waals surface area (Å²) in [5, 5.41) is 2.07. The fourth-order valence-electron chi connectivity index (χ4n) is 1.69. The molecule has 0 atom stereocenters. The third-order valence-electron chi connectivity index (χ3n) is 2.76. The molecule has 0 fully saturated rings. The Kier molecular flexibility index (Phi) is 6.28. The van der Waals surface area contributed by atoms with Crippen molar-refractivity contribution in [3.8, 4) is 0 Å². The number of amides is 1. The highest BCUT2D eigenvalue weighted by molar-refractivity contribution is 7.22. The van der Waals surface area contributed by atoms with Gasteiger partial charge >= 0.3 is 11.9 Å². The summed E-state index contributed by atoms with van der Waals surface area (Å²) in [5.41, 5.74) is -0.432. The van der Waals surface area contributed by atoms with Crippen molar-refractivity contribution in [2.24, 2.45) is 0 Å². The zero-order valence-corrected chi connectivity index (χ0v) is 14.0. The van der Waals surface area contributed by atoms with Gasteiger partial charge in [0.15, 0.2) is 29.2 Å². The summed E-state index contributed by atoms with van der Waals surface area (Å²) in [7, 11) is 0. The van der Waals surface area contributed by atoms with Crippen molar-refractivity contribution in [1.29, 1.82) is 0 Å². The number of carbonyl (C=O) groups is 3. The van der Waals surface area contributed by atoms with Crippen LogP contribution in [0.1, 0.15) is 6.92 Å². The summed E-state index contributed by atoms with van der Waals surface area (Å²) in [4.78, 5) is 37.7. The molecule has 0 radical (unpaired) electrons. The van der Waals surface area contributed by atoms with E-state index in [0.717, 1.165) is 18.2 Å². The van der Waals surface area contributed by atoms with Gasteiger partial charge in [-0.3, -0.25) is 10.1 Å². The van der Waals surface area contributed by atoms with E-state index in [0.29, 0.717) is 11.3 Å². The second kappa shape index (κ2) is 8.43. The minimum Gasteiger partial charge on any atom is -0.463 e. The molecule has 0 aliphatic carbocycles. The van der Waals surface area contributed by atoms with Crippen LogP contribution in [-0.4, -0.2) is 36.0 Å². The Morgan fingerprint density at radius 2 is 1.81 bits per heavy atom. The molecule has 2 rings (SSSR count). The van der Waals surface area contributed by atoms with Crippen molar-refractivity contribution in [2.75, 3.05) is 18.5 Å². The van der Waals surface area contributed by atoms with Crippen LogP contribution in [0.2, 0.25) is 0 Å². The van der Waals surface area contributed by atoms with Crippen molar-refractivity contribution in [2.45, 2.75) is 6.92 Å².